The minimum Gasteiger partial charge on any atom is -0.423 e. The van der Waals surface area contributed by atoms with Gasteiger partial charge in [0.25, 0.3) is 5.89 Å². The Morgan fingerprint density at radius 2 is 1.85 bits per heavy atom. The van der Waals surface area contributed by atoms with Crippen LogP contribution in [0.1, 0.15) is 0 Å². The van der Waals surface area contributed by atoms with Gasteiger partial charge in [-0.25, -0.2) is 8.78 Å². The maximum Gasteiger partial charge on any atom is 0.253 e. The van der Waals surface area contributed by atoms with Crippen molar-refractivity contribution in [2.75, 3.05) is 0 Å². The first-order valence-electron chi connectivity index (χ1n) is 3.49. The molecule has 0 bridgehead atoms. The molecule has 0 aliphatic rings. The lowest BCUT2D eigenvalue weighted by Crippen LogP contribution is -1.89. The highest BCUT2D eigenvalue weighted by molar-refractivity contribution is 5.54. The molecule has 0 unspecified atom stereocenters. The standard InChI is InChI=1S/C8H4F2N2O/c9-5-2-1-3-6(10)7(5)8-12-11-4-13-8/h1-4H. The topological polar surface area (TPSA) is 38.9 Å². The Bertz CT molecular complexity index is 394. The Morgan fingerprint density at radius 3 is 2.38 bits per heavy atom. The van der Waals surface area contributed by atoms with Gasteiger partial charge in [-0.1, -0.05) is 6.07 Å². The van der Waals surface area contributed by atoms with Crippen molar-refractivity contribution in [2.24, 2.45) is 0 Å². The average Bonchev–Trinajstić information content (AvgIpc) is 2.57. The number of nitrogens with zero attached hydrogens (tertiary/aromatic N) is 2. The summed E-state index contributed by atoms with van der Waals surface area (Å²) in [7, 11) is 0. The maximum absolute atomic E-state index is 13.0. The van der Waals surface area contributed by atoms with E-state index in [0.29, 0.717) is 0 Å². The molecule has 0 aliphatic carbocycles. The molecule has 0 N–H and O–H groups in total. The third kappa shape index (κ3) is 1.28. The van der Waals surface area contributed by atoms with Crippen molar-refractivity contribution in [1.29, 1.82) is 0 Å². The van der Waals surface area contributed by atoms with Gasteiger partial charge in [-0.3, -0.25) is 0 Å². The van der Waals surface area contributed by atoms with Crippen molar-refractivity contribution in [2.45, 2.75) is 0 Å². The first kappa shape index (κ1) is 7.85. The van der Waals surface area contributed by atoms with Crippen LogP contribution in [0.15, 0.2) is 29.0 Å². The Morgan fingerprint density at radius 1 is 1.15 bits per heavy atom. The summed E-state index contributed by atoms with van der Waals surface area (Å²) in [5.74, 6) is -1.59. The summed E-state index contributed by atoms with van der Waals surface area (Å²) in [5, 5.41) is 6.74. The smallest absolute Gasteiger partial charge is 0.253 e. The third-order valence-electron chi connectivity index (χ3n) is 1.54. The molecule has 0 saturated heterocycles. The van der Waals surface area contributed by atoms with Crippen molar-refractivity contribution in [3.05, 3.63) is 36.2 Å². The maximum atomic E-state index is 13.0. The minimum absolute atomic E-state index is 0.157. The number of benzene rings is 1. The molecule has 3 nitrogen and oxygen atoms in total. The molecule has 0 aliphatic heterocycles. The summed E-state index contributed by atoms with van der Waals surface area (Å²) >= 11 is 0. The van der Waals surface area contributed by atoms with Crippen LogP contribution in [0, 0.1) is 11.6 Å². The van der Waals surface area contributed by atoms with Crippen LogP contribution in [0.5, 0.6) is 0 Å². The van der Waals surface area contributed by atoms with E-state index >= 15 is 0 Å². The van der Waals surface area contributed by atoms with E-state index in [9.17, 15) is 8.78 Å². The van der Waals surface area contributed by atoms with E-state index in [0.717, 1.165) is 18.5 Å². The number of rotatable bonds is 1. The lowest BCUT2D eigenvalue weighted by molar-refractivity contribution is 0.539. The summed E-state index contributed by atoms with van der Waals surface area (Å²) < 4.78 is 30.8. The van der Waals surface area contributed by atoms with E-state index in [1.807, 2.05) is 0 Å². The van der Waals surface area contributed by atoms with Crippen LogP contribution < -0.4 is 0 Å². The third-order valence-corrected chi connectivity index (χ3v) is 1.54. The number of aromatic nitrogens is 2. The molecule has 13 heavy (non-hydrogen) atoms. The summed E-state index contributed by atoms with van der Waals surface area (Å²) in [6, 6.07) is 3.52. The van der Waals surface area contributed by atoms with Gasteiger partial charge < -0.3 is 4.42 Å². The largest absolute Gasteiger partial charge is 0.423 e. The quantitative estimate of drug-likeness (QED) is 0.677. The predicted octanol–water partition coefficient (Wildman–Crippen LogP) is 2.01. The Balaban J connectivity index is 2.64. The molecule has 1 heterocycles. The molecule has 0 fully saturated rings. The minimum atomic E-state index is -0.718. The Hall–Kier alpha value is -1.78. The van der Waals surface area contributed by atoms with Crippen molar-refractivity contribution < 1.29 is 13.2 Å². The fourth-order valence-electron chi connectivity index (χ4n) is 0.984. The van der Waals surface area contributed by atoms with Gasteiger partial charge >= 0.3 is 0 Å². The van der Waals surface area contributed by atoms with Crippen molar-refractivity contribution in [3.63, 3.8) is 0 Å². The zero-order valence-electron chi connectivity index (χ0n) is 6.37. The molecule has 0 atom stereocenters. The van der Waals surface area contributed by atoms with Gasteiger partial charge in [-0.15, -0.1) is 10.2 Å². The molecule has 1 aromatic carbocycles. The highest BCUT2D eigenvalue weighted by Crippen LogP contribution is 2.23. The molecule has 0 amide bonds. The lowest BCUT2D eigenvalue weighted by atomic mass is 10.2. The van der Waals surface area contributed by atoms with Crippen LogP contribution in [0.4, 0.5) is 8.78 Å². The Kier molecular flexibility index (Phi) is 1.77. The highest BCUT2D eigenvalue weighted by Gasteiger charge is 2.14. The van der Waals surface area contributed by atoms with Crippen LogP contribution in [0.2, 0.25) is 0 Å². The predicted molar refractivity (Wildman–Crippen MR) is 39.7 cm³/mol. The molecule has 2 aromatic rings. The van der Waals surface area contributed by atoms with Gasteiger partial charge in [0.2, 0.25) is 6.39 Å². The van der Waals surface area contributed by atoms with E-state index in [-0.39, 0.29) is 11.5 Å². The molecule has 0 saturated carbocycles. The monoisotopic (exact) mass is 182 g/mol. The lowest BCUT2D eigenvalue weighted by Gasteiger charge is -1.97. The molecule has 66 valence electrons. The van der Waals surface area contributed by atoms with Crippen molar-refractivity contribution in [3.8, 4) is 11.5 Å². The molecule has 2 rings (SSSR count). The number of hydrogen-bond acceptors (Lipinski definition) is 3. The molecule has 1 aromatic heterocycles. The molecule has 0 radical (unpaired) electrons. The fourth-order valence-corrected chi connectivity index (χ4v) is 0.984. The van der Waals surface area contributed by atoms with E-state index in [2.05, 4.69) is 14.6 Å². The molecular formula is C8H4F2N2O. The van der Waals surface area contributed by atoms with Gasteiger partial charge in [0.15, 0.2) is 0 Å². The van der Waals surface area contributed by atoms with E-state index in [1.165, 1.54) is 6.07 Å². The second-order valence-corrected chi connectivity index (χ2v) is 2.34. The second-order valence-electron chi connectivity index (χ2n) is 2.34. The van der Waals surface area contributed by atoms with Crippen LogP contribution in [-0.2, 0) is 0 Å². The average molecular weight is 182 g/mol. The van der Waals surface area contributed by atoms with E-state index in [1.54, 1.807) is 0 Å². The van der Waals surface area contributed by atoms with Crippen LogP contribution in [0.25, 0.3) is 11.5 Å². The van der Waals surface area contributed by atoms with E-state index in [4.69, 9.17) is 0 Å². The number of hydrogen-bond donors (Lipinski definition) is 0. The number of halogens is 2. The molecule has 0 spiro atoms. The van der Waals surface area contributed by atoms with Crippen molar-refractivity contribution in [1.82, 2.24) is 10.2 Å². The molecule has 5 heteroatoms. The highest BCUT2D eigenvalue weighted by atomic mass is 19.1. The van der Waals surface area contributed by atoms with E-state index < -0.39 is 11.6 Å². The van der Waals surface area contributed by atoms with Crippen LogP contribution in [0.3, 0.4) is 0 Å². The zero-order chi connectivity index (χ0) is 9.26. The fraction of sp³-hybridized carbons (Fsp3) is 0. The van der Waals surface area contributed by atoms with Gasteiger partial charge in [-0.05, 0) is 12.1 Å². The summed E-state index contributed by atoms with van der Waals surface area (Å²) in [6.07, 6.45) is 1.02. The van der Waals surface area contributed by atoms with Gasteiger partial charge in [0.1, 0.15) is 17.2 Å². The summed E-state index contributed by atoms with van der Waals surface area (Å²) in [6.45, 7) is 0. The van der Waals surface area contributed by atoms with Crippen molar-refractivity contribution >= 4 is 0 Å². The normalized spacial score (nSPS) is 10.3. The summed E-state index contributed by atoms with van der Waals surface area (Å²) in [4.78, 5) is 0. The molecular weight excluding hydrogens is 178 g/mol. The SMILES string of the molecule is Fc1cccc(F)c1-c1nnco1. The second kappa shape index (κ2) is 2.93. The van der Waals surface area contributed by atoms with Gasteiger partial charge in [0, 0.05) is 0 Å². The van der Waals surface area contributed by atoms with Gasteiger partial charge in [0.05, 0.1) is 0 Å². The first-order valence-corrected chi connectivity index (χ1v) is 3.49. The van der Waals surface area contributed by atoms with Crippen LogP contribution in [-0.4, -0.2) is 10.2 Å². The first-order chi connectivity index (χ1) is 6.29. The Labute approximate surface area is 72.0 Å². The van der Waals surface area contributed by atoms with Gasteiger partial charge in [-0.2, -0.15) is 0 Å². The zero-order valence-corrected chi connectivity index (χ0v) is 6.37. The van der Waals surface area contributed by atoms with Crippen LogP contribution >= 0.6 is 0 Å². The summed E-state index contributed by atoms with van der Waals surface area (Å²) in [5.41, 5.74) is -0.292.